The fraction of sp³-hybridized carbons (Fsp3) is 0.300. The summed E-state index contributed by atoms with van der Waals surface area (Å²) in [5, 5.41) is 1.12. The number of nitrogens with zero attached hydrogens (tertiary/aromatic N) is 1. The number of rotatable bonds is 1. The number of benzene rings is 1. The van der Waals surface area contributed by atoms with Crippen LogP contribution in [0.3, 0.4) is 0 Å². The molecular weight excluding hydrogens is 166 g/mol. The van der Waals surface area contributed by atoms with Gasteiger partial charge in [0.15, 0.2) is 0 Å². The fourth-order valence-corrected chi connectivity index (χ4v) is 2.02. The van der Waals surface area contributed by atoms with Gasteiger partial charge in [-0.2, -0.15) is 0 Å². The molecule has 2 heteroatoms. The minimum Gasteiger partial charge on any atom is -0.241 e. The third-order valence-corrected chi connectivity index (χ3v) is 3.05. The highest BCUT2D eigenvalue weighted by molar-refractivity contribution is 7.18. The van der Waals surface area contributed by atoms with E-state index >= 15 is 0 Å². The largest absolute Gasteiger partial charge is 0.241 e. The standard InChI is InChI=1S/C10H11NS/c1-7(2)10-11-8-5-3-4-6-9(8)12-10/h3-7H,1-2H3/i5T. The van der Waals surface area contributed by atoms with Gasteiger partial charge >= 0.3 is 0 Å². The van der Waals surface area contributed by atoms with Gasteiger partial charge in [0, 0.05) is 5.92 Å². The maximum absolute atomic E-state index is 7.66. The molecular formula is C10H11NS. The Morgan fingerprint density at radius 1 is 1.50 bits per heavy atom. The van der Waals surface area contributed by atoms with Gasteiger partial charge in [0.05, 0.1) is 16.6 Å². The fourth-order valence-electron chi connectivity index (χ4n) is 1.07. The minimum atomic E-state index is 0.455. The minimum absolute atomic E-state index is 0.455. The van der Waals surface area contributed by atoms with Crippen molar-refractivity contribution in [3.8, 4) is 0 Å². The second-order valence-electron chi connectivity index (χ2n) is 3.09. The van der Waals surface area contributed by atoms with Crippen molar-refractivity contribution in [1.29, 1.82) is 0 Å². The maximum Gasteiger partial charge on any atom is 0.0963 e. The lowest BCUT2D eigenvalue weighted by molar-refractivity contribution is 0.857. The van der Waals surface area contributed by atoms with Gasteiger partial charge in [0.25, 0.3) is 0 Å². The SMILES string of the molecule is [3H]c1cccc2sc(C(C)C)nc12. The van der Waals surface area contributed by atoms with Crippen molar-refractivity contribution in [1.82, 2.24) is 4.98 Å². The summed E-state index contributed by atoms with van der Waals surface area (Å²) in [5.41, 5.74) is 0.844. The summed E-state index contributed by atoms with van der Waals surface area (Å²) >= 11 is 1.69. The van der Waals surface area contributed by atoms with Gasteiger partial charge in [-0.1, -0.05) is 26.0 Å². The summed E-state index contributed by atoms with van der Waals surface area (Å²) in [5.74, 6) is 0.455. The first-order valence-electron chi connectivity index (χ1n) is 4.54. The number of hydrogen-bond donors (Lipinski definition) is 0. The van der Waals surface area contributed by atoms with Crippen LogP contribution in [0.5, 0.6) is 0 Å². The van der Waals surface area contributed by atoms with E-state index < -0.39 is 0 Å². The van der Waals surface area contributed by atoms with E-state index in [0.29, 0.717) is 12.0 Å². The topological polar surface area (TPSA) is 12.9 Å². The highest BCUT2D eigenvalue weighted by Crippen LogP contribution is 2.26. The lowest BCUT2D eigenvalue weighted by Crippen LogP contribution is -1.82. The van der Waals surface area contributed by atoms with Crippen LogP contribution in [0, 0.1) is 0 Å². The molecule has 0 saturated heterocycles. The summed E-state index contributed by atoms with van der Waals surface area (Å²) in [4.78, 5) is 4.44. The van der Waals surface area contributed by atoms with Crippen LogP contribution in [0.15, 0.2) is 24.2 Å². The first-order valence-corrected chi connectivity index (χ1v) is 4.86. The molecule has 0 atom stereocenters. The van der Waals surface area contributed by atoms with Crippen LogP contribution in [0.25, 0.3) is 10.2 Å². The molecule has 0 N–H and O–H groups in total. The Labute approximate surface area is 77.5 Å². The number of hydrogen-bond acceptors (Lipinski definition) is 2. The second-order valence-corrected chi connectivity index (χ2v) is 4.15. The van der Waals surface area contributed by atoms with E-state index in [1.807, 2.05) is 12.1 Å². The summed E-state index contributed by atoms with van der Waals surface area (Å²) in [6.45, 7) is 4.25. The number of thiazole rings is 1. The zero-order chi connectivity index (χ0) is 9.42. The van der Waals surface area contributed by atoms with Crippen LogP contribution in [-0.2, 0) is 0 Å². The van der Waals surface area contributed by atoms with Gasteiger partial charge < -0.3 is 0 Å². The molecule has 1 aromatic carbocycles. The van der Waals surface area contributed by atoms with Gasteiger partial charge in [-0.3, -0.25) is 0 Å². The van der Waals surface area contributed by atoms with Gasteiger partial charge in [-0.25, -0.2) is 4.98 Å². The Morgan fingerprint density at radius 3 is 3.00 bits per heavy atom. The predicted octanol–water partition coefficient (Wildman–Crippen LogP) is 3.42. The molecule has 0 spiro atoms. The first-order chi connectivity index (χ1) is 6.18. The molecule has 0 radical (unpaired) electrons. The molecule has 2 aromatic rings. The van der Waals surface area contributed by atoms with Crippen LogP contribution in [0.4, 0.5) is 0 Å². The van der Waals surface area contributed by atoms with Crippen molar-refractivity contribution in [3.63, 3.8) is 0 Å². The van der Waals surface area contributed by atoms with E-state index in [-0.39, 0.29) is 0 Å². The molecule has 12 heavy (non-hydrogen) atoms. The van der Waals surface area contributed by atoms with Crippen LogP contribution < -0.4 is 0 Å². The molecule has 0 aliphatic rings. The van der Waals surface area contributed by atoms with Crippen molar-refractivity contribution in [2.24, 2.45) is 0 Å². The molecule has 0 aliphatic heterocycles. The molecule has 0 saturated carbocycles. The highest BCUT2D eigenvalue weighted by Gasteiger charge is 2.05. The van der Waals surface area contributed by atoms with Gasteiger partial charge in [-0.05, 0) is 12.1 Å². The van der Waals surface area contributed by atoms with Crippen LogP contribution in [-0.4, -0.2) is 4.98 Å². The average Bonchev–Trinajstić information content (AvgIpc) is 2.49. The lowest BCUT2D eigenvalue weighted by Gasteiger charge is -1.94. The zero-order valence-corrected chi connectivity index (χ0v) is 7.98. The number of aromatic nitrogens is 1. The summed E-state index contributed by atoms with van der Waals surface area (Å²) in [6, 6.07) is 6.25. The summed E-state index contributed by atoms with van der Waals surface area (Å²) in [7, 11) is 0. The van der Waals surface area contributed by atoms with Gasteiger partial charge in [-0.15, -0.1) is 11.3 Å². The molecule has 0 aliphatic carbocycles. The average molecular weight is 179 g/mol. The third-order valence-electron chi connectivity index (χ3n) is 1.73. The molecule has 2 rings (SSSR count). The van der Waals surface area contributed by atoms with Crippen molar-refractivity contribution >= 4 is 21.6 Å². The Balaban J connectivity index is 2.68. The quantitative estimate of drug-likeness (QED) is 0.653. The molecule has 1 heterocycles. The normalized spacial score (nSPS) is 12.4. The Morgan fingerprint density at radius 2 is 2.33 bits per heavy atom. The highest BCUT2D eigenvalue weighted by atomic mass is 32.1. The van der Waals surface area contributed by atoms with Crippen LogP contribution in [0.1, 0.15) is 26.1 Å². The van der Waals surface area contributed by atoms with Crippen molar-refractivity contribution < 1.29 is 1.37 Å². The van der Waals surface area contributed by atoms with Crippen molar-refractivity contribution in [3.05, 3.63) is 29.2 Å². The lowest BCUT2D eigenvalue weighted by atomic mass is 10.2. The molecule has 0 fully saturated rings. The molecule has 62 valence electrons. The van der Waals surface area contributed by atoms with Gasteiger partial charge in [0.1, 0.15) is 0 Å². The molecule has 0 unspecified atom stereocenters. The van der Waals surface area contributed by atoms with E-state index in [1.165, 1.54) is 0 Å². The Bertz CT molecular complexity index is 433. The first kappa shape index (κ1) is 6.61. The molecule has 0 bridgehead atoms. The van der Waals surface area contributed by atoms with E-state index in [9.17, 15) is 0 Å². The van der Waals surface area contributed by atoms with Crippen LogP contribution >= 0.6 is 11.3 Å². The second kappa shape index (κ2) is 2.87. The molecule has 1 nitrogen and oxygen atoms in total. The smallest absolute Gasteiger partial charge is 0.0963 e. The monoisotopic (exact) mass is 179 g/mol. The zero-order valence-electron chi connectivity index (χ0n) is 8.16. The summed E-state index contributed by atoms with van der Waals surface area (Å²) < 4.78 is 8.78. The van der Waals surface area contributed by atoms with Gasteiger partial charge in [0.2, 0.25) is 0 Å². The Kier molecular flexibility index (Phi) is 1.58. The van der Waals surface area contributed by atoms with Crippen molar-refractivity contribution in [2.75, 3.05) is 0 Å². The third kappa shape index (κ3) is 1.23. The number of para-hydroxylation sites is 1. The summed E-state index contributed by atoms with van der Waals surface area (Å²) in [6.07, 6.45) is 0. The van der Waals surface area contributed by atoms with E-state index in [4.69, 9.17) is 1.37 Å². The van der Waals surface area contributed by atoms with Crippen molar-refractivity contribution in [2.45, 2.75) is 19.8 Å². The Hall–Kier alpha value is -0.890. The predicted molar refractivity (Wildman–Crippen MR) is 53.7 cm³/mol. The maximum atomic E-state index is 7.66. The van der Waals surface area contributed by atoms with E-state index in [2.05, 4.69) is 18.8 Å². The van der Waals surface area contributed by atoms with Crippen LogP contribution in [0.2, 0.25) is 0 Å². The molecule has 1 aromatic heterocycles. The van der Waals surface area contributed by atoms with E-state index in [0.717, 1.165) is 15.2 Å². The van der Waals surface area contributed by atoms with E-state index in [1.54, 1.807) is 17.4 Å². The number of fused-ring (bicyclic) bond motifs is 1. The molecule has 0 amide bonds.